The van der Waals surface area contributed by atoms with Gasteiger partial charge in [0.15, 0.2) is 6.10 Å². The van der Waals surface area contributed by atoms with E-state index in [1.807, 2.05) is 0 Å². The number of aliphatic carboxylic acids is 1. The van der Waals surface area contributed by atoms with E-state index in [9.17, 15) is 13.2 Å². The van der Waals surface area contributed by atoms with E-state index in [1.54, 1.807) is 0 Å². The Morgan fingerprint density at radius 3 is 2.10 bits per heavy atom. The fraction of sp³-hybridized carbons (Fsp3) is 0.750. The lowest BCUT2D eigenvalue weighted by Crippen LogP contribution is -2.22. The van der Waals surface area contributed by atoms with Crippen molar-refractivity contribution in [2.45, 2.75) is 13.0 Å². The lowest BCUT2D eigenvalue weighted by Gasteiger charge is -2.03. The molecule has 0 aliphatic carbocycles. The van der Waals surface area contributed by atoms with E-state index in [2.05, 4.69) is 4.18 Å². The molecule has 6 heteroatoms. The fourth-order valence-corrected chi connectivity index (χ4v) is 0.910. The van der Waals surface area contributed by atoms with Crippen molar-refractivity contribution >= 4 is 16.1 Å². The van der Waals surface area contributed by atoms with Crippen LogP contribution < -0.4 is 0 Å². The number of carboxylic acids is 1. The molecule has 0 spiro atoms. The van der Waals surface area contributed by atoms with Gasteiger partial charge >= 0.3 is 5.97 Å². The molecule has 1 unspecified atom stereocenters. The Kier molecular flexibility index (Phi) is 2.79. The van der Waals surface area contributed by atoms with Crippen LogP contribution in [0.4, 0.5) is 0 Å². The van der Waals surface area contributed by atoms with Crippen molar-refractivity contribution in [3.8, 4) is 0 Å². The summed E-state index contributed by atoms with van der Waals surface area (Å²) in [6.45, 7) is 1.14. The SMILES string of the molecule is CC(OS(C)(=O)=O)C(=O)O. The summed E-state index contributed by atoms with van der Waals surface area (Å²) in [6, 6.07) is 0. The van der Waals surface area contributed by atoms with Crippen molar-refractivity contribution < 1.29 is 22.5 Å². The van der Waals surface area contributed by atoms with Gasteiger partial charge in [0.05, 0.1) is 6.26 Å². The highest BCUT2D eigenvalue weighted by Crippen LogP contribution is 1.95. The van der Waals surface area contributed by atoms with Crippen LogP contribution in [0.3, 0.4) is 0 Å². The van der Waals surface area contributed by atoms with Crippen LogP contribution in [0.25, 0.3) is 0 Å². The first kappa shape index (κ1) is 9.38. The Labute approximate surface area is 58.7 Å². The summed E-state index contributed by atoms with van der Waals surface area (Å²) in [5, 5.41) is 8.16. The van der Waals surface area contributed by atoms with Crippen LogP contribution in [-0.2, 0) is 19.1 Å². The highest BCUT2D eigenvalue weighted by molar-refractivity contribution is 7.86. The molecule has 60 valence electrons. The molecule has 0 heterocycles. The normalized spacial score (nSPS) is 14.6. The standard InChI is InChI=1S/C4H8O5S/c1-3(4(5)6)9-10(2,7)8/h3H,1-2H3,(H,5,6). The van der Waals surface area contributed by atoms with Gasteiger partial charge < -0.3 is 5.11 Å². The lowest BCUT2D eigenvalue weighted by atomic mass is 10.4. The first-order valence-corrected chi connectivity index (χ1v) is 4.25. The van der Waals surface area contributed by atoms with Gasteiger partial charge in [-0.05, 0) is 6.92 Å². The number of rotatable bonds is 3. The van der Waals surface area contributed by atoms with Crippen LogP contribution in [0.1, 0.15) is 6.92 Å². The van der Waals surface area contributed by atoms with Gasteiger partial charge in [0, 0.05) is 0 Å². The predicted octanol–water partition coefficient (Wildman–Crippen LogP) is -0.564. The average Bonchev–Trinajstić information content (AvgIpc) is 1.60. The minimum Gasteiger partial charge on any atom is -0.479 e. The molecule has 0 aliphatic rings. The zero-order valence-electron chi connectivity index (χ0n) is 5.57. The first-order valence-electron chi connectivity index (χ1n) is 2.44. The minimum atomic E-state index is -3.65. The van der Waals surface area contributed by atoms with E-state index in [4.69, 9.17) is 5.11 Å². The molecular weight excluding hydrogens is 160 g/mol. The maximum atomic E-state index is 10.3. The van der Waals surface area contributed by atoms with Gasteiger partial charge in [-0.15, -0.1) is 0 Å². The maximum Gasteiger partial charge on any atom is 0.334 e. The minimum absolute atomic E-state index is 0.798. The largest absolute Gasteiger partial charge is 0.479 e. The molecule has 0 saturated heterocycles. The van der Waals surface area contributed by atoms with Crippen LogP contribution in [0.15, 0.2) is 0 Å². The molecule has 0 fully saturated rings. The molecule has 0 saturated carbocycles. The van der Waals surface area contributed by atoms with E-state index < -0.39 is 22.2 Å². The second-order valence-corrected chi connectivity index (χ2v) is 3.38. The second kappa shape index (κ2) is 2.98. The van der Waals surface area contributed by atoms with Gasteiger partial charge in [0.25, 0.3) is 10.1 Å². The van der Waals surface area contributed by atoms with Crippen LogP contribution in [0, 0.1) is 0 Å². The number of hydrogen-bond acceptors (Lipinski definition) is 4. The molecule has 0 aromatic heterocycles. The van der Waals surface area contributed by atoms with E-state index in [0.29, 0.717) is 0 Å². The summed E-state index contributed by atoms with van der Waals surface area (Å²) < 4.78 is 24.6. The number of carbonyl (C=O) groups is 1. The van der Waals surface area contributed by atoms with Gasteiger partial charge in [-0.3, -0.25) is 4.18 Å². The number of carboxylic acid groups (broad SMARTS) is 1. The third kappa shape index (κ3) is 4.28. The lowest BCUT2D eigenvalue weighted by molar-refractivity contribution is -0.144. The topological polar surface area (TPSA) is 80.7 Å². The summed E-state index contributed by atoms with van der Waals surface area (Å²) in [4.78, 5) is 9.99. The van der Waals surface area contributed by atoms with Gasteiger partial charge in [0.1, 0.15) is 0 Å². The molecule has 0 rings (SSSR count). The Bertz CT molecular complexity index is 216. The van der Waals surface area contributed by atoms with E-state index in [0.717, 1.165) is 13.2 Å². The molecule has 0 aliphatic heterocycles. The molecule has 0 aromatic rings. The van der Waals surface area contributed by atoms with Crippen molar-refractivity contribution in [1.82, 2.24) is 0 Å². The van der Waals surface area contributed by atoms with E-state index >= 15 is 0 Å². The first-order chi connectivity index (χ1) is 4.33. The Morgan fingerprint density at radius 2 is 2.00 bits per heavy atom. The fourth-order valence-electron chi connectivity index (χ4n) is 0.303. The molecule has 0 bridgehead atoms. The zero-order valence-corrected chi connectivity index (χ0v) is 6.38. The Hall–Kier alpha value is -0.620. The van der Waals surface area contributed by atoms with Crippen molar-refractivity contribution in [3.63, 3.8) is 0 Å². The monoisotopic (exact) mass is 168 g/mol. The molecule has 0 radical (unpaired) electrons. The van der Waals surface area contributed by atoms with Crippen LogP contribution >= 0.6 is 0 Å². The van der Waals surface area contributed by atoms with Crippen molar-refractivity contribution in [3.05, 3.63) is 0 Å². The molecule has 10 heavy (non-hydrogen) atoms. The summed E-state index contributed by atoms with van der Waals surface area (Å²) in [6.07, 6.45) is -0.512. The molecule has 0 amide bonds. The van der Waals surface area contributed by atoms with Gasteiger partial charge in [-0.25, -0.2) is 4.79 Å². The molecular formula is C4H8O5S. The van der Waals surface area contributed by atoms with Crippen molar-refractivity contribution in [2.24, 2.45) is 0 Å². The second-order valence-electron chi connectivity index (χ2n) is 1.78. The van der Waals surface area contributed by atoms with Gasteiger partial charge in [0.2, 0.25) is 0 Å². The third-order valence-electron chi connectivity index (χ3n) is 0.667. The third-order valence-corrected chi connectivity index (χ3v) is 1.31. The van der Waals surface area contributed by atoms with Crippen LogP contribution in [0.5, 0.6) is 0 Å². The Balaban J connectivity index is 4.06. The highest BCUT2D eigenvalue weighted by atomic mass is 32.2. The molecule has 1 N–H and O–H groups in total. The summed E-state index contributed by atoms with van der Waals surface area (Å²) in [5.41, 5.74) is 0. The van der Waals surface area contributed by atoms with Gasteiger partial charge in [-0.2, -0.15) is 8.42 Å². The predicted molar refractivity (Wildman–Crippen MR) is 33.0 cm³/mol. The highest BCUT2D eigenvalue weighted by Gasteiger charge is 2.16. The zero-order chi connectivity index (χ0) is 8.36. The quantitative estimate of drug-likeness (QED) is 0.571. The van der Waals surface area contributed by atoms with Crippen LogP contribution in [-0.4, -0.2) is 31.9 Å². The van der Waals surface area contributed by atoms with Crippen molar-refractivity contribution in [2.75, 3.05) is 6.26 Å². The maximum absolute atomic E-state index is 10.3. The summed E-state index contributed by atoms with van der Waals surface area (Å²) >= 11 is 0. The van der Waals surface area contributed by atoms with Crippen molar-refractivity contribution in [1.29, 1.82) is 0 Å². The van der Waals surface area contributed by atoms with Crippen LogP contribution in [0.2, 0.25) is 0 Å². The Morgan fingerprint density at radius 1 is 1.60 bits per heavy atom. The molecule has 1 atom stereocenters. The molecule has 5 nitrogen and oxygen atoms in total. The summed E-state index contributed by atoms with van der Waals surface area (Å²) in [7, 11) is -3.65. The smallest absolute Gasteiger partial charge is 0.334 e. The summed E-state index contributed by atoms with van der Waals surface area (Å²) in [5.74, 6) is -1.30. The average molecular weight is 168 g/mol. The number of hydrogen-bond donors (Lipinski definition) is 1. The van der Waals surface area contributed by atoms with Gasteiger partial charge in [-0.1, -0.05) is 0 Å². The van der Waals surface area contributed by atoms with E-state index in [1.165, 1.54) is 0 Å². The van der Waals surface area contributed by atoms with E-state index in [-0.39, 0.29) is 0 Å². The molecule has 0 aromatic carbocycles.